The van der Waals surface area contributed by atoms with Gasteiger partial charge in [-0.15, -0.1) is 0 Å². The molecule has 3 nitrogen and oxygen atoms in total. The Morgan fingerprint density at radius 2 is 2.42 bits per heavy atom. The van der Waals surface area contributed by atoms with Gasteiger partial charge in [0.2, 0.25) is 5.91 Å². The zero-order valence-corrected chi connectivity index (χ0v) is 7.73. The van der Waals surface area contributed by atoms with E-state index < -0.39 is 0 Å². The predicted octanol–water partition coefficient (Wildman–Crippen LogP) is 0.642. The van der Waals surface area contributed by atoms with Gasteiger partial charge in [-0.3, -0.25) is 4.79 Å². The standard InChI is InChI=1S/C9H18N2O/c1-2-3-9(7-10)4-5-11-8(12)6-9/h2-7,10H2,1H3,(H,11,12). The monoisotopic (exact) mass is 170 g/mol. The van der Waals surface area contributed by atoms with Crippen molar-refractivity contribution in [1.29, 1.82) is 0 Å². The van der Waals surface area contributed by atoms with E-state index in [1.54, 1.807) is 0 Å². The summed E-state index contributed by atoms with van der Waals surface area (Å²) in [5, 5.41) is 2.83. The van der Waals surface area contributed by atoms with Crippen molar-refractivity contribution in [3.8, 4) is 0 Å². The van der Waals surface area contributed by atoms with Crippen LogP contribution in [0.3, 0.4) is 0 Å². The lowest BCUT2D eigenvalue weighted by Gasteiger charge is -2.35. The number of hydrogen-bond acceptors (Lipinski definition) is 2. The van der Waals surface area contributed by atoms with Crippen LogP contribution in [0.15, 0.2) is 0 Å². The van der Waals surface area contributed by atoms with Crippen molar-refractivity contribution in [1.82, 2.24) is 5.32 Å². The van der Waals surface area contributed by atoms with Crippen molar-refractivity contribution in [3.05, 3.63) is 0 Å². The number of carbonyl (C=O) groups is 1. The molecule has 0 aromatic heterocycles. The van der Waals surface area contributed by atoms with Crippen molar-refractivity contribution in [2.75, 3.05) is 13.1 Å². The van der Waals surface area contributed by atoms with Crippen LogP contribution in [0.2, 0.25) is 0 Å². The minimum atomic E-state index is 0.108. The van der Waals surface area contributed by atoms with E-state index in [9.17, 15) is 4.79 Å². The summed E-state index contributed by atoms with van der Waals surface area (Å²) in [5.74, 6) is 0.167. The average Bonchev–Trinajstić information content (AvgIpc) is 2.05. The molecule has 1 aliphatic rings. The van der Waals surface area contributed by atoms with E-state index in [0.29, 0.717) is 13.0 Å². The van der Waals surface area contributed by atoms with Gasteiger partial charge in [-0.2, -0.15) is 0 Å². The summed E-state index contributed by atoms with van der Waals surface area (Å²) in [4.78, 5) is 11.1. The molecule has 3 N–H and O–H groups in total. The lowest BCUT2D eigenvalue weighted by atomic mass is 9.75. The summed E-state index contributed by atoms with van der Waals surface area (Å²) in [6.07, 6.45) is 3.86. The summed E-state index contributed by atoms with van der Waals surface area (Å²) >= 11 is 0. The van der Waals surface area contributed by atoms with Gasteiger partial charge in [-0.05, 0) is 24.8 Å². The normalized spacial score (nSPS) is 30.0. The topological polar surface area (TPSA) is 55.1 Å². The molecule has 0 spiro atoms. The second-order valence-electron chi connectivity index (χ2n) is 3.73. The van der Waals surface area contributed by atoms with E-state index in [4.69, 9.17) is 5.73 Å². The van der Waals surface area contributed by atoms with Crippen molar-refractivity contribution >= 4 is 5.91 Å². The highest BCUT2D eigenvalue weighted by atomic mass is 16.1. The fraction of sp³-hybridized carbons (Fsp3) is 0.889. The molecule has 1 aliphatic heterocycles. The van der Waals surface area contributed by atoms with Crippen LogP contribution in [0, 0.1) is 5.41 Å². The van der Waals surface area contributed by atoms with Gasteiger partial charge in [-0.25, -0.2) is 0 Å². The molecule has 70 valence electrons. The SMILES string of the molecule is CCCC1(CN)CCNC(=O)C1. The van der Waals surface area contributed by atoms with Crippen LogP contribution >= 0.6 is 0 Å². The van der Waals surface area contributed by atoms with E-state index in [1.807, 2.05) is 0 Å². The molecule has 0 aromatic rings. The molecule has 1 saturated heterocycles. The second-order valence-corrected chi connectivity index (χ2v) is 3.73. The largest absolute Gasteiger partial charge is 0.356 e. The maximum absolute atomic E-state index is 11.1. The van der Waals surface area contributed by atoms with Crippen LogP contribution in [0.25, 0.3) is 0 Å². The Kier molecular flexibility index (Phi) is 3.09. The quantitative estimate of drug-likeness (QED) is 0.653. The average molecular weight is 170 g/mol. The van der Waals surface area contributed by atoms with Crippen LogP contribution < -0.4 is 11.1 Å². The van der Waals surface area contributed by atoms with Gasteiger partial charge in [0.25, 0.3) is 0 Å². The number of nitrogens with one attached hydrogen (secondary N) is 1. The Hall–Kier alpha value is -0.570. The molecule has 0 aliphatic carbocycles. The Balaban J connectivity index is 2.57. The fourth-order valence-electron chi connectivity index (χ4n) is 1.98. The van der Waals surface area contributed by atoms with Crippen molar-refractivity contribution in [2.24, 2.45) is 11.1 Å². The Morgan fingerprint density at radius 3 is 2.92 bits per heavy atom. The van der Waals surface area contributed by atoms with Gasteiger partial charge in [0.1, 0.15) is 0 Å². The van der Waals surface area contributed by atoms with Gasteiger partial charge < -0.3 is 11.1 Å². The molecule has 3 heteroatoms. The summed E-state index contributed by atoms with van der Waals surface area (Å²) in [7, 11) is 0. The smallest absolute Gasteiger partial charge is 0.220 e. The lowest BCUT2D eigenvalue weighted by Crippen LogP contribution is -2.44. The number of hydrogen-bond donors (Lipinski definition) is 2. The van der Waals surface area contributed by atoms with E-state index in [-0.39, 0.29) is 11.3 Å². The summed E-state index contributed by atoms with van der Waals surface area (Å²) in [6, 6.07) is 0. The van der Waals surface area contributed by atoms with Crippen LogP contribution in [-0.4, -0.2) is 19.0 Å². The fourth-order valence-corrected chi connectivity index (χ4v) is 1.98. The number of rotatable bonds is 3. The first-order valence-corrected chi connectivity index (χ1v) is 4.69. The minimum absolute atomic E-state index is 0.108. The number of nitrogens with two attached hydrogens (primary N) is 1. The van der Waals surface area contributed by atoms with Crippen molar-refractivity contribution in [3.63, 3.8) is 0 Å². The van der Waals surface area contributed by atoms with Crippen molar-refractivity contribution < 1.29 is 4.79 Å². The predicted molar refractivity (Wildman–Crippen MR) is 48.6 cm³/mol. The van der Waals surface area contributed by atoms with E-state index in [1.165, 1.54) is 0 Å². The third-order valence-corrected chi connectivity index (χ3v) is 2.73. The third-order valence-electron chi connectivity index (χ3n) is 2.73. The minimum Gasteiger partial charge on any atom is -0.356 e. The molecular weight excluding hydrogens is 152 g/mol. The molecule has 1 amide bonds. The molecular formula is C9H18N2O. The van der Waals surface area contributed by atoms with Crippen LogP contribution in [0.5, 0.6) is 0 Å². The van der Waals surface area contributed by atoms with Gasteiger partial charge in [0, 0.05) is 13.0 Å². The van der Waals surface area contributed by atoms with Crippen molar-refractivity contribution in [2.45, 2.75) is 32.6 Å². The molecule has 1 atom stereocenters. The maximum Gasteiger partial charge on any atom is 0.220 e. The van der Waals surface area contributed by atoms with Gasteiger partial charge in [-0.1, -0.05) is 13.3 Å². The van der Waals surface area contributed by atoms with E-state index in [2.05, 4.69) is 12.2 Å². The van der Waals surface area contributed by atoms with Crippen LogP contribution in [0.1, 0.15) is 32.6 Å². The molecule has 1 fully saturated rings. The zero-order valence-electron chi connectivity index (χ0n) is 7.73. The van der Waals surface area contributed by atoms with Gasteiger partial charge in [0.05, 0.1) is 0 Å². The lowest BCUT2D eigenvalue weighted by molar-refractivity contribution is -0.125. The summed E-state index contributed by atoms with van der Waals surface area (Å²) in [6.45, 7) is 3.59. The molecule has 0 radical (unpaired) electrons. The van der Waals surface area contributed by atoms with E-state index in [0.717, 1.165) is 25.8 Å². The molecule has 1 unspecified atom stereocenters. The molecule has 1 rings (SSSR count). The summed E-state index contributed by atoms with van der Waals surface area (Å²) in [5.41, 5.74) is 5.81. The van der Waals surface area contributed by atoms with Gasteiger partial charge in [0.15, 0.2) is 0 Å². The first-order valence-electron chi connectivity index (χ1n) is 4.69. The van der Waals surface area contributed by atoms with Crippen LogP contribution in [0.4, 0.5) is 0 Å². The highest BCUT2D eigenvalue weighted by Crippen LogP contribution is 2.32. The third kappa shape index (κ3) is 1.97. The Labute approximate surface area is 73.7 Å². The number of carbonyl (C=O) groups excluding carboxylic acids is 1. The molecule has 12 heavy (non-hydrogen) atoms. The molecule has 0 saturated carbocycles. The van der Waals surface area contributed by atoms with Gasteiger partial charge >= 0.3 is 0 Å². The first kappa shape index (κ1) is 9.52. The molecule has 1 heterocycles. The summed E-state index contributed by atoms with van der Waals surface area (Å²) < 4.78 is 0. The Morgan fingerprint density at radius 1 is 1.67 bits per heavy atom. The second kappa shape index (κ2) is 3.90. The number of amides is 1. The van der Waals surface area contributed by atoms with E-state index >= 15 is 0 Å². The highest BCUT2D eigenvalue weighted by molar-refractivity contribution is 5.77. The zero-order chi connectivity index (χ0) is 9.03. The molecule has 0 aromatic carbocycles. The Bertz CT molecular complexity index is 166. The van der Waals surface area contributed by atoms with Crippen LogP contribution in [-0.2, 0) is 4.79 Å². The highest BCUT2D eigenvalue weighted by Gasteiger charge is 2.33. The maximum atomic E-state index is 11.1. The number of piperidine rings is 1. The first-order chi connectivity index (χ1) is 5.72. The molecule has 0 bridgehead atoms.